The zero-order valence-corrected chi connectivity index (χ0v) is 14.6. The third kappa shape index (κ3) is 3.98. The summed E-state index contributed by atoms with van der Waals surface area (Å²) in [5.41, 5.74) is 0.995. The minimum absolute atomic E-state index is 0.497. The van der Waals surface area contributed by atoms with E-state index in [4.69, 9.17) is 0 Å². The molecule has 1 N–H and O–H groups in total. The molecule has 1 saturated carbocycles. The lowest BCUT2D eigenvalue weighted by atomic mass is 9.63. The molecule has 0 radical (unpaired) electrons. The van der Waals surface area contributed by atoms with E-state index in [1.54, 1.807) is 0 Å². The largest absolute Gasteiger partial charge is 0.311 e. The van der Waals surface area contributed by atoms with Crippen molar-refractivity contribution in [2.75, 3.05) is 13.1 Å². The molecule has 2 atom stereocenters. The normalized spacial score (nSPS) is 35.1. The Hall–Kier alpha value is -0.0800. The van der Waals surface area contributed by atoms with Gasteiger partial charge in [-0.2, -0.15) is 0 Å². The first-order valence-corrected chi connectivity index (χ1v) is 8.71. The fraction of sp³-hybridized carbons (Fsp3) is 1.00. The fourth-order valence-electron chi connectivity index (χ4n) is 5.03. The Balaban J connectivity index is 2.07. The molecule has 2 aliphatic rings. The topological polar surface area (TPSA) is 15.3 Å². The monoisotopic (exact) mass is 280 g/mol. The Morgan fingerprint density at radius 3 is 2.25 bits per heavy atom. The molecule has 0 amide bonds. The van der Waals surface area contributed by atoms with E-state index in [9.17, 15) is 0 Å². The summed E-state index contributed by atoms with van der Waals surface area (Å²) in [6, 6.07) is 2.19. The minimum atomic E-state index is 0.497. The zero-order valence-electron chi connectivity index (χ0n) is 14.6. The van der Waals surface area contributed by atoms with Crippen molar-refractivity contribution in [3.63, 3.8) is 0 Å². The van der Waals surface area contributed by atoms with Gasteiger partial charge in [-0.1, -0.05) is 41.0 Å². The number of hydrogen-bond donors (Lipinski definition) is 1. The van der Waals surface area contributed by atoms with Crippen LogP contribution in [0.25, 0.3) is 0 Å². The SMILES string of the molecule is CCCC1CN(C2CC(C)(C)CC(C)(C)C2)C(C)CN1. The highest BCUT2D eigenvalue weighted by Gasteiger charge is 2.42. The maximum Gasteiger partial charge on any atom is 0.0196 e. The van der Waals surface area contributed by atoms with E-state index < -0.39 is 0 Å². The third-order valence-corrected chi connectivity index (χ3v) is 5.34. The molecule has 1 heterocycles. The zero-order chi connectivity index (χ0) is 15.0. The Morgan fingerprint density at radius 2 is 1.70 bits per heavy atom. The van der Waals surface area contributed by atoms with Gasteiger partial charge in [0.1, 0.15) is 0 Å². The van der Waals surface area contributed by atoms with Crippen LogP contribution in [0.4, 0.5) is 0 Å². The van der Waals surface area contributed by atoms with E-state index in [1.165, 1.54) is 45.2 Å². The van der Waals surface area contributed by atoms with Crippen molar-refractivity contribution in [3.8, 4) is 0 Å². The summed E-state index contributed by atoms with van der Waals surface area (Å²) in [6.07, 6.45) is 6.73. The van der Waals surface area contributed by atoms with Gasteiger partial charge in [0.2, 0.25) is 0 Å². The molecule has 0 bridgehead atoms. The lowest BCUT2D eigenvalue weighted by Crippen LogP contribution is -2.60. The average molecular weight is 280 g/mol. The van der Waals surface area contributed by atoms with Crippen molar-refractivity contribution in [3.05, 3.63) is 0 Å². The molecule has 0 aromatic rings. The number of hydrogen-bond acceptors (Lipinski definition) is 2. The van der Waals surface area contributed by atoms with Crippen molar-refractivity contribution in [2.45, 2.75) is 91.8 Å². The maximum absolute atomic E-state index is 3.74. The predicted octanol–water partition coefficient (Wildman–Crippen LogP) is 4.05. The van der Waals surface area contributed by atoms with Gasteiger partial charge in [-0.05, 0) is 43.4 Å². The summed E-state index contributed by atoms with van der Waals surface area (Å²) in [7, 11) is 0. The van der Waals surface area contributed by atoms with Gasteiger partial charge in [-0.15, -0.1) is 0 Å². The highest BCUT2D eigenvalue weighted by molar-refractivity contribution is 4.97. The van der Waals surface area contributed by atoms with Crippen LogP contribution in [0.15, 0.2) is 0 Å². The average Bonchev–Trinajstić information content (AvgIpc) is 2.28. The molecule has 2 rings (SSSR count). The van der Waals surface area contributed by atoms with E-state index in [-0.39, 0.29) is 0 Å². The van der Waals surface area contributed by atoms with Crippen LogP contribution in [0.5, 0.6) is 0 Å². The van der Waals surface area contributed by atoms with E-state index in [0.717, 1.165) is 6.04 Å². The summed E-state index contributed by atoms with van der Waals surface area (Å²) in [5, 5.41) is 3.74. The number of nitrogens with zero attached hydrogens (tertiary/aromatic N) is 1. The molecule has 1 aliphatic carbocycles. The molecule has 2 unspecified atom stereocenters. The van der Waals surface area contributed by atoms with Crippen LogP contribution in [-0.4, -0.2) is 36.1 Å². The van der Waals surface area contributed by atoms with Crippen LogP contribution in [0.2, 0.25) is 0 Å². The lowest BCUT2D eigenvalue weighted by Gasteiger charge is -2.52. The molecule has 1 saturated heterocycles. The first-order valence-electron chi connectivity index (χ1n) is 8.71. The second-order valence-electron chi connectivity index (χ2n) is 9.01. The summed E-state index contributed by atoms with van der Waals surface area (Å²) in [6.45, 7) is 17.0. The van der Waals surface area contributed by atoms with Gasteiger partial charge in [-0.3, -0.25) is 4.90 Å². The smallest absolute Gasteiger partial charge is 0.0196 e. The Labute approximate surface area is 126 Å². The van der Waals surface area contributed by atoms with E-state index in [1.807, 2.05) is 0 Å². The highest BCUT2D eigenvalue weighted by atomic mass is 15.3. The standard InChI is InChI=1S/C18H36N2/c1-7-8-15-12-20(14(2)11-19-15)16-9-17(3,4)13-18(5,6)10-16/h14-16,19H,7-13H2,1-6H3. The first kappa shape index (κ1) is 16.3. The van der Waals surface area contributed by atoms with Crippen molar-refractivity contribution in [1.29, 1.82) is 0 Å². The van der Waals surface area contributed by atoms with E-state index in [2.05, 4.69) is 51.8 Å². The van der Waals surface area contributed by atoms with Gasteiger partial charge in [0.25, 0.3) is 0 Å². The second-order valence-corrected chi connectivity index (χ2v) is 9.01. The molecule has 0 aromatic carbocycles. The maximum atomic E-state index is 3.74. The molecule has 2 fully saturated rings. The summed E-state index contributed by atoms with van der Waals surface area (Å²) in [4.78, 5) is 2.83. The number of piperazine rings is 1. The molecular formula is C18H36N2. The van der Waals surface area contributed by atoms with Crippen LogP contribution in [-0.2, 0) is 0 Å². The van der Waals surface area contributed by atoms with Gasteiger partial charge >= 0.3 is 0 Å². The molecule has 118 valence electrons. The van der Waals surface area contributed by atoms with Gasteiger partial charge in [-0.25, -0.2) is 0 Å². The van der Waals surface area contributed by atoms with Gasteiger partial charge in [0, 0.05) is 31.2 Å². The minimum Gasteiger partial charge on any atom is -0.311 e. The van der Waals surface area contributed by atoms with Crippen LogP contribution in [0, 0.1) is 10.8 Å². The lowest BCUT2D eigenvalue weighted by molar-refractivity contribution is -0.00906. The Bertz CT molecular complexity index is 305. The van der Waals surface area contributed by atoms with Gasteiger partial charge in [0.15, 0.2) is 0 Å². The van der Waals surface area contributed by atoms with Crippen molar-refractivity contribution in [1.82, 2.24) is 10.2 Å². The first-order chi connectivity index (χ1) is 9.22. The van der Waals surface area contributed by atoms with Gasteiger partial charge in [0.05, 0.1) is 0 Å². The number of nitrogens with one attached hydrogen (secondary N) is 1. The van der Waals surface area contributed by atoms with Gasteiger partial charge < -0.3 is 5.32 Å². The van der Waals surface area contributed by atoms with Crippen LogP contribution < -0.4 is 5.32 Å². The van der Waals surface area contributed by atoms with Crippen molar-refractivity contribution in [2.24, 2.45) is 10.8 Å². The van der Waals surface area contributed by atoms with Crippen molar-refractivity contribution >= 4 is 0 Å². The Kier molecular flexibility index (Phi) is 4.86. The van der Waals surface area contributed by atoms with Crippen LogP contribution >= 0.6 is 0 Å². The van der Waals surface area contributed by atoms with Crippen molar-refractivity contribution < 1.29 is 0 Å². The quantitative estimate of drug-likeness (QED) is 0.839. The fourth-order valence-corrected chi connectivity index (χ4v) is 5.03. The number of rotatable bonds is 3. The van der Waals surface area contributed by atoms with E-state index >= 15 is 0 Å². The second kappa shape index (κ2) is 5.96. The van der Waals surface area contributed by atoms with Crippen LogP contribution in [0.1, 0.15) is 73.6 Å². The molecule has 0 spiro atoms. The Morgan fingerprint density at radius 1 is 1.10 bits per heavy atom. The predicted molar refractivity (Wildman–Crippen MR) is 88.1 cm³/mol. The summed E-state index contributed by atoms with van der Waals surface area (Å²) in [5.74, 6) is 0. The molecule has 2 heteroatoms. The summed E-state index contributed by atoms with van der Waals surface area (Å²) < 4.78 is 0. The highest BCUT2D eigenvalue weighted by Crippen LogP contribution is 2.47. The molecule has 20 heavy (non-hydrogen) atoms. The molecular weight excluding hydrogens is 244 g/mol. The third-order valence-electron chi connectivity index (χ3n) is 5.34. The van der Waals surface area contributed by atoms with E-state index in [0.29, 0.717) is 22.9 Å². The summed E-state index contributed by atoms with van der Waals surface area (Å²) >= 11 is 0. The van der Waals surface area contributed by atoms with Crippen LogP contribution in [0.3, 0.4) is 0 Å². The molecule has 1 aliphatic heterocycles. The molecule has 0 aromatic heterocycles. The molecule has 2 nitrogen and oxygen atoms in total.